The summed E-state index contributed by atoms with van der Waals surface area (Å²) in [6.45, 7) is 2.04. The molecule has 1 aromatic heterocycles. The van der Waals surface area contributed by atoms with Gasteiger partial charge in [-0.2, -0.15) is 0 Å². The first-order valence-electron chi connectivity index (χ1n) is 4.80. The van der Waals surface area contributed by atoms with Gasteiger partial charge in [0.2, 0.25) is 0 Å². The van der Waals surface area contributed by atoms with E-state index in [2.05, 4.69) is 10.4 Å². The van der Waals surface area contributed by atoms with Crippen LogP contribution in [0.15, 0.2) is 24.3 Å². The van der Waals surface area contributed by atoms with Gasteiger partial charge < -0.3 is 5.43 Å². The molecule has 0 unspecified atom stereocenters. The van der Waals surface area contributed by atoms with Crippen molar-refractivity contribution in [1.82, 2.24) is 4.98 Å². The number of benzene rings is 1. The van der Waals surface area contributed by atoms with Gasteiger partial charge in [0.05, 0.1) is 16.9 Å². The third-order valence-electron chi connectivity index (χ3n) is 2.35. The summed E-state index contributed by atoms with van der Waals surface area (Å²) in [7, 11) is 0. The van der Waals surface area contributed by atoms with E-state index in [1.807, 2.05) is 31.2 Å². The lowest BCUT2D eigenvalue weighted by molar-refractivity contribution is 1.05. The topological polar surface area (TPSA) is 50.9 Å². The second kappa shape index (κ2) is 4.04. The Hall–Kier alpha value is -1.32. The minimum Gasteiger partial charge on any atom is -0.322 e. The monoisotopic (exact) mass is 221 g/mol. The first-order chi connectivity index (χ1) is 7.24. The van der Waals surface area contributed by atoms with E-state index in [1.54, 1.807) is 0 Å². The first kappa shape index (κ1) is 10.2. The van der Waals surface area contributed by atoms with E-state index >= 15 is 0 Å². The number of halogens is 1. The van der Waals surface area contributed by atoms with Gasteiger partial charge in [-0.3, -0.25) is 10.8 Å². The average molecular weight is 222 g/mol. The second-order valence-electron chi connectivity index (χ2n) is 3.32. The van der Waals surface area contributed by atoms with Crippen molar-refractivity contribution in [3.05, 3.63) is 35.0 Å². The molecular formula is C11H12ClN3. The number of hydrogen-bond donors (Lipinski definition) is 2. The minimum atomic E-state index is 0.700. The molecule has 3 N–H and O–H groups in total. The molecule has 0 amide bonds. The van der Waals surface area contributed by atoms with Crippen LogP contribution in [-0.2, 0) is 6.42 Å². The second-order valence-corrected chi connectivity index (χ2v) is 3.75. The van der Waals surface area contributed by atoms with Gasteiger partial charge in [0.1, 0.15) is 0 Å². The predicted octanol–water partition coefficient (Wildman–Crippen LogP) is 2.74. The van der Waals surface area contributed by atoms with Crippen molar-refractivity contribution < 1.29 is 0 Å². The number of rotatable bonds is 2. The zero-order valence-corrected chi connectivity index (χ0v) is 9.17. The van der Waals surface area contributed by atoms with Gasteiger partial charge in [-0.1, -0.05) is 24.6 Å². The Labute approximate surface area is 93.2 Å². The van der Waals surface area contributed by atoms with Crippen molar-refractivity contribution >= 4 is 28.2 Å². The zero-order valence-electron chi connectivity index (χ0n) is 8.42. The highest BCUT2D eigenvalue weighted by atomic mass is 35.5. The smallest absolute Gasteiger partial charge is 0.0721 e. The van der Waals surface area contributed by atoms with Crippen LogP contribution in [0.1, 0.15) is 12.6 Å². The van der Waals surface area contributed by atoms with Crippen molar-refractivity contribution in [3.8, 4) is 0 Å². The number of nitrogens with two attached hydrogens (primary N) is 1. The Morgan fingerprint density at radius 1 is 1.40 bits per heavy atom. The first-order valence-corrected chi connectivity index (χ1v) is 5.18. The molecule has 0 aliphatic carbocycles. The average Bonchev–Trinajstić information content (AvgIpc) is 2.27. The SMILES string of the molecule is CCc1nc2cc(Cl)ccc2cc1NN. The molecule has 0 atom stereocenters. The van der Waals surface area contributed by atoms with Crippen molar-refractivity contribution in [1.29, 1.82) is 0 Å². The van der Waals surface area contributed by atoms with E-state index in [0.717, 1.165) is 28.7 Å². The fraction of sp³-hybridized carbons (Fsp3) is 0.182. The number of anilines is 1. The highest BCUT2D eigenvalue weighted by Crippen LogP contribution is 2.23. The lowest BCUT2D eigenvalue weighted by atomic mass is 10.1. The van der Waals surface area contributed by atoms with Crippen LogP contribution in [0, 0.1) is 0 Å². The minimum absolute atomic E-state index is 0.700. The Balaban J connectivity index is 2.69. The highest BCUT2D eigenvalue weighted by molar-refractivity contribution is 6.31. The maximum atomic E-state index is 5.91. The predicted molar refractivity (Wildman–Crippen MR) is 63.9 cm³/mol. The summed E-state index contributed by atoms with van der Waals surface area (Å²) in [6, 6.07) is 7.62. The third kappa shape index (κ3) is 1.89. The molecular weight excluding hydrogens is 210 g/mol. The number of fused-ring (bicyclic) bond motifs is 1. The molecule has 3 nitrogen and oxygen atoms in total. The molecule has 2 rings (SSSR count). The number of pyridine rings is 1. The number of nitrogen functional groups attached to an aromatic ring is 1. The summed E-state index contributed by atoms with van der Waals surface area (Å²) in [5.74, 6) is 5.43. The lowest BCUT2D eigenvalue weighted by Crippen LogP contribution is -2.10. The molecule has 0 fully saturated rings. The van der Waals surface area contributed by atoms with E-state index in [1.165, 1.54) is 0 Å². The molecule has 0 saturated carbocycles. The van der Waals surface area contributed by atoms with Crippen LogP contribution in [0.4, 0.5) is 5.69 Å². The van der Waals surface area contributed by atoms with Gasteiger partial charge in [-0.25, -0.2) is 0 Å². The Kier molecular flexibility index (Phi) is 2.75. The van der Waals surface area contributed by atoms with Gasteiger partial charge in [-0.15, -0.1) is 0 Å². The molecule has 2 aromatic rings. The number of hydrazine groups is 1. The molecule has 0 bridgehead atoms. The molecule has 15 heavy (non-hydrogen) atoms. The van der Waals surface area contributed by atoms with E-state index in [4.69, 9.17) is 17.4 Å². The van der Waals surface area contributed by atoms with Crippen molar-refractivity contribution in [2.45, 2.75) is 13.3 Å². The normalized spacial score (nSPS) is 10.6. The van der Waals surface area contributed by atoms with Crippen LogP contribution in [0.5, 0.6) is 0 Å². The molecule has 0 spiro atoms. The fourth-order valence-corrected chi connectivity index (χ4v) is 1.74. The Morgan fingerprint density at radius 2 is 2.20 bits per heavy atom. The van der Waals surface area contributed by atoms with Gasteiger partial charge in [0.15, 0.2) is 0 Å². The molecule has 78 valence electrons. The van der Waals surface area contributed by atoms with Crippen LogP contribution in [-0.4, -0.2) is 4.98 Å². The largest absolute Gasteiger partial charge is 0.322 e. The van der Waals surface area contributed by atoms with Crippen molar-refractivity contribution in [3.63, 3.8) is 0 Å². The van der Waals surface area contributed by atoms with Crippen LogP contribution >= 0.6 is 11.6 Å². The van der Waals surface area contributed by atoms with Crippen LogP contribution in [0.25, 0.3) is 10.9 Å². The molecule has 4 heteroatoms. The van der Waals surface area contributed by atoms with Crippen LogP contribution in [0.2, 0.25) is 5.02 Å². The highest BCUT2D eigenvalue weighted by Gasteiger charge is 2.04. The van der Waals surface area contributed by atoms with E-state index in [0.29, 0.717) is 5.02 Å². The van der Waals surface area contributed by atoms with Crippen LogP contribution in [0.3, 0.4) is 0 Å². The van der Waals surface area contributed by atoms with Crippen molar-refractivity contribution in [2.75, 3.05) is 5.43 Å². The molecule has 1 heterocycles. The zero-order chi connectivity index (χ0) is 10.8. The maximum Gasteiger partial charge on any atom is 0.0721 e. The Bertz CT molecular complexity index is 496. The number of aromatic nitrogens is 1. The molecule has 0 radical (unpaired) electrons. The summed E-state index contributed by atoms with van der Waals surface area (Å²) in [6.07, 6.45) is 0.835. The number of nitrogens with zero attached hydrogens (tertiary/aromatic N) is 1. The van der Waals surface area contributed by atoms with Gasteiger partial charge in [0.25, 0.3) is 0 Å². The summed E-state index contributed by atoms with van der Waals surface area (Å²) < 4.78 is 0. The summed E-state index contributed by atoms with van der Waals surface area (Å²) in [4.78, 5) is 4.50. The quantitative estimate of drug-likeness (QED) is 0.606. The molecule has 1 aromatic carbocycles. The lowest BCUT2D eigenvalue weighted by Gasteiger charge is -2.08. The third-order valence-corrected chi connectivity index (χ3v) is 2.58. The fourth-order valence-electron chi connectivity index (χ4n) is 1.57. The summed E-state index contributed by atoms with van der Waals surface area (Å²) >= 11 is 5.91. The maximum absolute atomic E-state index is 5.91. The van der Waals surface area contributed by atoms with Gasteiger partial charge in [-0.05, 0) is 24.6 Å². The van der Waals surface area contributed by atoms with Gasteiger partial charge in [0, 0.05) is 10.4 Å². The molecule has 0 aliphatic heterocycles. The number of nitrogens with one attached hydrogen (secondary N) is 1. The molecule has 0 saturated heterocycles. The summed E-state index contributed by atoms with van der Waals surface area (Å²) in [5.41, 5.74) is 5.38. The van der Waals surface area contributed by atoms with Crippen LogP contribution < -0.4 is 11.3 Å². The van der Waals surface area contributed by atoms with Gasteiger partial charge >= 0.3 is 0 Å². The van der Waals surface area contributed by atoms with E-state index in [9.17, 15) is 0 Å². The van der Waals surface area contributed by atoms with Crippen molar-refractivity contribution in [2.24, 2.45) is 5.84 Å². The van der Waals surface area contributed by atoms with E-state index < -0.39 is 0 Å². The summed E-state index contributed by atoms with van der Waals surface area (Å²) in [5, 5.41) is 1.73. The number of hydrogen-bond acceptors (Lipinski definition) is 3. The molecule has 0 aliphatic rings. The Morgan fingerprint density at radius 3 is 2.87 bits per heavy atom. The number of aryl methyl sites for hydroxylation is 1. The van der Waals surface area contributed by atoms with E-state index in [-0.39, 0.29) is 0 Å². The standard InChI is InChI=1S/C11H12ClN3/c1-2-9-11(15-13)5-7-3-4-8(12)6-10(7)14-9/h3-6,15H,2,13H2,1H3.